The molecule has 6 nitrogen and oxygen atoms in total. The van der Waals surface area contributed by atoms with E-state index >= 15 is 0 Å². The maximum atomic E-state index is 12.6. The first-order chi connectivity index (χ1) is 12.1. The molecule has 6 heteroatoms. The number of hydrogen-bond acceptors (Lipinski definition) is 4. The Morgan fingerprint density at radius 1 is 1.32 bits per heavy atom. The van der Waals surface area contributed by atoms with E-state index in [-0.39, 0.29) is 17.7 Å². The summed E-state index contributed by atoms with van der Waals surface area (Å²) in [6.07, 6.45) is 1.62. The molecule has 0 radical (unpaired) electrons. The number of benzene rings is 1. The van der Waals surface area contributed by atoms with Crippen LogP contribution in [0.5, 0.6) is 0 Å². The van der Waals surface area contributed by atoms with Crippen LogP contribution < -0.4 is 16.0 Å². The van der Waals surface area contributed by atoms with Gasteiger partial charge in [-0.15, -0.1) is 0 Å². The van der Waals surface area contributed by atoms with Crippen LogP contribution in [0.25, 0.3) is 10.9 Å². The third-order valence-corrected chi connectivity index (χ3v) is 4.54. The van der Waals surface area contributed by atoms with Crippen LogP contribution in [0, 0.1) is 5.92 Å². The van der Waals surface area contributed by atoms with Gasteiger partial charge in [0.15, 0.2) is 0 Å². The molecule has 0 aliphatic carbocycles. The number of hydrogen-bond donors (Lipinski definition) is 3. The molecule has 3 N–H and O–H groups in total. The van der Waals surface area contributed by atoms with Gasteiger partial charge in [0.1, 0.15) is 5.82 Å². The summed E-state index contributed by atoms with van der Waals surface area (Å²) < 4.78 is 0. The lowest BCUT2D eigenvalue weighted by Crippen LogP contribution is -2.40. The molecule has 25 heavy (non-hydrogen) atoms. The van der Waals surface area contributed by atoms with Gasteiger partial charge in [0, 0.05) is 23.9 Å². The van der Waals surface area contributed by atoms with Crippen molar-refractivity contribution in [2.24, 2.45) is 5.92 Å². The van der Waals surface area contributed by atoms with Gasteiger partial charge in [-0.3, -0.25) is 9.59 Å². The van der Waals surface area contributed by atoms with Crippen molar-refractivity contribution >= 4 is 28.5 Å². The van der Waals surface area contributed by atoms with Gasteiger partial charge in [-0.05, 0) is 45.4 Å². The highest BCUT2D eigenvalue weighted by Crippen LogP contribution is 2.23. The first-order valence-corrected chi connectivity index (χ1v) is 8.80. The molecule has 1 saturated heterocycles. The molecule has 2 amide bonds. The summed E-state index contributed by atoms with van der Waals surface area (Å²) in [5.74, 6) is 0.207. The van der Waals surface area contributed by atoms with Gasteiger partial charge in [-0.1, -0.05) is 18.2 Å². The fourth-order valence-electron chi connectivity index (χ4n) is 3.28. The van der Waals surface area contributed by atoms with Crippen LogP contribution in [0.3, 0.4) is 0 Å². The first-order valence-electron chi connectivity index (χ1n) is 8.80. The SMILES string of the molecule is CCNC(=O)c1cc(NC(=O)[C@H]2CCN[C@@H](C)C2)nc2ccccc12. The number of para-hydroxylation sites is 1. The van der Waals surface area contributed by atoms with Crippen LogP contribution in [-0.4, -0.2) is 35.9 Å². The van der Waals surface area contributed by atoms with Gasteiger partial charge >= 0.3 is 0 Å². The predicted molar refractivity (Wildman–Crippen MR) is 98.6 cm³/mol. The summed E-state index contributed by atoms with van der Waals surface area (Å²) in [6, 6.07) is 9.46. The van der Waals surface area contributed by atoms with Gasteiger partial charge in [0.25, 0.3) is 5.91 Å². The van der Waals surface area contributed by atoms with E-state index in [0.29, 0.717) is 29.5 Å². The lowest BCUT2D eigenvalue weighted by molar-refractivity contribution is -0.120. The zero-order valence-corrected chi connectivity index (χ0v) is 14.6. The van der Waals surface area contributed by atoms with Crippen molar-refractivity contribution in [3.63, 3.8) is 0 Å². The smallest absolute Gasteiger partial charge is 0.252 e. The molecule has 132 valence electrons. The highest BCUT2D eigenvalue weighted by Gasteiger charge is 2.25. The number of rotatable bonds is 4. The van der Waals surface area contributed by atoms with E-state index < -0.39 is 0 Å². The number of amides is 2. The fraction of sp³-hybridized carbons (Fsp3) is 0.421. The second kappa shape index (κ2) is 7.61. The number of fused-ring (bicyclic) bond motifs is 1. The Labute approximate surface area is 147 Å². The summed E-state index contributed by atoms with van der Waals surface area (Å²) in [6.45, 7) is 5.35. The van der Waals surface area contributed by atoms with Crippen LogP contribution in [0.1, 0.15) is 37.0 Å². The molecule has 2 heterocycles. The predicted octanol–water partition coefficient (Wildman–Crippen LogP) is 2.31. The standard InChI is InChI=1S/C19H24N4O2/c1-3-20-19(25)15-11-17(22-16-7-5-4-6-14(15)16)23-18(24)13-8-9-21-12(2)10-13/h4-7,11-13,21H,3,8-10H2,1-2H3,(H,20,25)(H,22,23,24)/t12-,13-/m0/s1. The van der Waals surface area contributed by atoms with Crippen LogP contribution in [0.4, 0.5) is 5.82 Å². The third kappa shape index (κ3) is 3.96. The molecule has 3 rings (SSSR count). The number of anilines is 1. The van der Waals surface area contributed by atoms with Gasteiger partial charge in [-0.25, -0.2) is 4.98 Å². The number of aromatic nitrogens is 1. The molecule has 0 spiro atoms. The topological polar surface area (TPSA) is 83.1 Å². The maximum Gasteiger partial charge on any atom is 0.252 e. The normalized spacial score (nSPS) is 20.2. The number of carbonyl (C=O) groups excluding carboxylic acids is 2. The summed E-state index contributed by atoms with van der Waals surface area (Å²) >= 11 is 0. The molecule has 0 bridgehead atoms. The van der Waals surface area contributed by atoms with Crippen molar-refractivity contribution in [2.45, 2.75) is 32.7 Å². The Kier molecular flexibility index (Phi) is 5.28. The quantitative estimate of drug-likeness (QED) is 0.797. The number of pyridine rings is 1. The van der Waals surface area contributed by atoms with Crippen LogP contribution >= 0.6 is 0 Å². The minimum absolute atomic E-state index is 0.0296. The van der Waals surface area contributed by atoms with Crippen LogP contribution in [-0.2, 0) is 4.79 Å². The molecule has 1 fully saturated rings. The summed E-state index contributed by atoms with van der Waals surface area (Å²) in [5, 5.41) is 9.84. The van der Waals surface area contributed by atoms with E-state index in [1.165, 1.54) is 0 Å². The lowest BCUT2D eigenvalue weighted by Gasteiger charge is -2.27. The van der Waals surface area contributed by atoms with Crippen molar-refractivity contribution in [3.8, 4) is 0 Å². The Morgan fingerprint density at radius 3 is 2.88 bits per heavy atom. The molecule has 0 unspecified atom stereocenters. The minimum Gasteiger partial charge on any atom is -0.352 e. The van der Waals surface area contributed by atoms with E-state index in [4.69, 9.17) is 0 Å². The zero-order chi connectivity index (χ0) is 17.8. The van der Waals surface area contributed by atoms with E-state index in [2.05, 4.69) is 27.9 Å². The average molecular weight is 340 g/mol. The highest BCUT2D eigenvalue weighted by atomic mass is 16.2. The van der Waals surface area contributed by atoms with Crippen molar-refractivity contribution in [2.75, 3.05) is 18.4 Å². The lowest BCUT2D eigenvalue weighted by atomic mass is 9.92. The number of piperidine rings is 1. The minimum atomic E-state index is -0.160. The van der Waals surface area contributed by atoms with Crippen molar-refractivity contribution in [1.29, 1.82) is 0 Å². The molecule has 1 aromatic carbocycles. The van der Waals surface area contributed by atoms with Crippen LogP contribution in [0.2, 0.25) is 0 Å². The molecule has 1 aromatic heterocycles. The zero-order valence-electron chi connectivity index (χ0n) is 14.6. The molecule has 1 aliphatic heterocycles. The Hall–Kier alpha value is -2.47. The van der Waals surface area contributed by atoms with Crippen LogP contribution in [0.15, 0.2) is 30.3 Å². The van der Waals surface area contributed by atoms with Gasteiger partial charge in [-0.2, -0.15) is 0 Å². The van der Waals surface area contributed by atoms with Gasteiger partial charge in [0.05, 0.1) is 11.1 Å². The number of nitrogens with zero attached hydrogens (tertiary/aromatic N) is 1. The highest BCUT2D eigenvalue weighted by molar-refractivity contribution is 6.07. The van der Waals surface area contributed by atoms with Crippen molar-refractivity contribution < 1.29 is 9.59 Å². The van der Waals surface area contributed by atoms with E-state index in [0.717, 1.165) is 24.8 Å². The van der Waals surface area contributed by atoms with E-state index in [1.807, 2.05) is 31.2 Å². The van der Waals surface area contributed by atoms with Crippen molar-refractivity contribution in [1.82, 2.24) is 15.6 Å². The van der Waals surface area contributed by atoms with Gasteiger partial charge in [0.2, 0.25) is 5.91 Å². The largest absolute Gasteiger partial charge is 0.352 e. The molecule has 2 atom stereocenters. The Bertz CT molecular complexity index is 790. The third-order valence-electron chi connectivity index (χ3n) is 4.54. The van der Waals surface area contributed by atoms with Gasteiger partial charge < -0.3 is 16.0 Å². The second-order valence-corrected chi connectivity index (χ2v) is 6.50. The molecule has 0 saturated carbocycles. The maximum absolute atomic E-state index is 12.6. The summed E-state index contributed by atoms with van der Waals surface area (Å²) in [7, 11) is 0. The van der Waals surface area contributed by atoms with Crippen molar-refractivity contribution in [3.05, 3.63) is 35.9 Å². The number of carbonyl (C=O) groups is 2. The first kappa shape index (κ1) is 17.4. The summed E-state index contributed by atoms with van der Waals surface area (Å²) in [5.41, 5.74) is 1.22. The van der Waals surface area contributed by atoms with E-state index in [9.17, 15) is 9.59 Å². The number of nitrogens with one attached hydrogen (secondary N) is 3. The molecular weight excluding hydrogens is 316 g/mol. The van der Waals surface area contributed by atoms with E-state index in [1.54, 1.807) is 6.07 Å². The fourth-order valence-corrected chi connectivity index (χ4v) is 3.28. The molecular formula is C19H24N4O2. The monoisotopic (exact) mass is 340 g/mol. The Morgan fingerprint density at radius 2 is 2.12 bits per heavy atom. The average Bonchev–Trinajstić information content (AvgIpc) is 2.61. The second-order valence-electron chi connectivity index (χ2n) is 6.50. The summed E-state index contributed by atoms with van der Waals surface area (Å²) in [4.78, 5) is 29.5. The molecule has 1 aliphatic rings. The molecule has 2 aromatic rings. The Balaban J connectivity index is 1.88.